The Kier molecular flexibility index (Phi) is 2.46. The highest BCUT2D eigenvalue weighted by atomic mass is 32.1. The molecule has 2 heterocycles. The van der Waals surface area contributed by atoms with Crippen molar-refractivity contribution >= 4 is 11.3 Å². The Morgan fingerprint density at radius 3 is 2.88 bits per heavy atom. The molecule has 1 fully saturated rings. The van der Waals surface area contributed by atoms with E-state index in [4.69, 9.17) is 0 Å². The Bertz CT molecular complexity index is 502. The molecule has 0 bridgehead atoms. The SMILES string of the molecule is Cc1cccc(-c2nnc(C3CNC3)s2)c1. The molecule has 4 heteroatoms. The van der Waals surface area contributed by atoms with Crippen LogP contribution in [0, 0.1) is 6.92 Å². The molecule has 16 heavy (non-hydrogen) atoms. The van der Waals surface area contributed by atoms with Crippen molar-refractivity contribution in [1.29, 1.82) is 0 Å². The van der Waals surface area contributed by atoms with Crippen LogP contribution in [0.1, 0.15) is 16.5 Å². The highest BCUT2D eigenvalue weighted by molar-refractivity contribution is 7.14. The second-order valence-corrected chi connectivity index (χ2v) is 5.18. The molecular weight excluding hydrogens is 218 g/mol. The van der Waals surface area contributed by atoms with Crippen molar-refractivity contribution in [2.45, 2.75) is 12.8 Å². The molecule has 0 atom stereocenters. The lowest BCUT2D eigenvalue weighted by Crippen LogP contribution is -2.39. The Morgan fingerprint density at radius 1 is 1.31 bits per heavy atom. The second kappa shape index (κ2) is 3.96. The van der Waals surface area contributed by atoms with Crippen molar-refractivity contribution in [3.63, 3.8) is 0 Å². The number of rotatable bonds is 2. The van der Waals surface area contributed by atoms with E-state index in [1.54, 1.807) is 11.3 Å². The normalized spacial score (nSPS) is 16.1. The van der Waals surface area contributed by atoms with Crippen LogP contribution in [0.5, 0.6) is 0 Å². The van der Waals surface area contributed by atoms with Crippen LogP contribution >= 0.6 is 11.3 Å². The Morgan fingerprint density at radius 2 is 2.19 bits per heavy atom. The molecule has 0 radical (unpaired) electrons. The summed E-state index contributed by atoms with van der Waals surface area (Å²) in [5.41, 5.74) is 2.44. The van der Waals surface area contributed by atoms with Gasteiger partial charge < -0.3 is 5.32 Å². The van der Waals surface area contributed by atoms with E-state index in [1.807, 2.05) is 0 Å². The number of aromatic nitrogens is 2. The highest BCUT2D eigenvalue weighted by Crippen LogP contribution is 2.29. The van der Waals surface area contributed by atoms with Crippen molar-refractivity contribution < 1.29 is 0 Å². The number of hydrogen-bond donors (Lipinski definition) is 1. The van der Waals surface area contributed by atoms with Crippen LogP contribution in [0.4, 0.5) is 0 Å². The number of benzene rings is 1. The standard InChI is InChI=1S/C12H13N3S/c1-8-3-2-4-9(5-8)11-14-15-12(16-11)10-6-13-7-10/h2-5,10,13H,6-7H2,1H3. The minimum Gasteiger partial charge on any atom is -0.315 e. The summed E-state index contributed by atoms with van der Waals surface area (Å²) in [6.07, 6.45) is 0. The zero-order valence-electron chi connectivity index (χ0n) is 9.10. The van der Waals surface area contributed by atoms with Gasteiger partial charge in [-0.05, 0) is 13.0 Å². The lowest BCUT2D eigenvalue weighted by molar-refractivity contribution is 0.444. The molecule has 1 aliphatic rings. The lowest BCUT2D eigenvalue weighted by atomic mass is 10.1. The summed E-state index contributed by atoms with van der Waals surface area (Å²) in [5, 5.41) is 14.0. The van der Waals surface area contributed by atoms with E-state index >= 15 is 0 Å². The van der Waals surface area contributed by atoms with Gasteiger partial charge in [-0.15, -0.1) is 10.2 Å². The molecule has 0 spiro atoms. The van der Waals surface area contributed by atoms with Crippen LogP contribution in [-0.2, 0) is 0 Å². The van der Waals surface area contributed by atoms with E-state index < -0.39 is 0 Å². The third-order valence-electron chi connectivity index (χ3n) is 2.84. The highest BCUT2D eigenvalue weighted by Gasteiger charge is 2.23. The predicted molar refractivity (Wildman–Crippen MR) is 65.7 cm³/mol. The van der Waals surface area contributed by atoms with Gasteiger partial charge in [0.2, 0.25) is 0 Å². The topological polar surface area (TPSA) is 37.8 Å². The second-order valence-electron chi connectivity index (χ2n) is 4.17. The number of hydrogen-bond acceptors (Lipinski definition) is 4. The fraction of sp³-hybridized carbons (Fsp3) is 0.333. The smallest absolute Gasteiger partial charge is 0.147 e. The zero-order valence-corrected chi connectivity index (χ0v) is 9.92. The van der Waals surface area contributed by atoms with Gasteiger partial charge in [-0.1, -0.05) is 35.1 Å². The number of aryl methyl sites for hydroxylation is 1. The quantitative estimate of drug-likeness (QED) is 0.861. The summed E-state index contributed by atoms with van der Waals surface area (Å²) < 4.78 is 0. The molecule has 1 aliphatic heterocycles. The molecule has 0 aliphatic carbocycles. The van der Waals surface area contributed by atoms with Gasteiger partial charge in [-0.3, -0.25) is 0 Å². The molecule has 1 aromatic heterocycles. The van der Waals surface area contributed by atoms with Gasteiger partial charge in [0.25, 0.3) is 0 Å². The Balaban J connectivity index is 1.91. The molecule has 1 saturated heterocycles. The molecule has 0 saturated carbocycles. The van der Waals surface area contributed by atoms with Crippen LogP contribution in [0.3, 0.4) is 0 Å². The van der Waals surface area contributed by atoms with Crippen LogP contribution in [0.25, 0.3) is 10.6 Å². The average molecular weight is 231 g/mol. The maximum atomic E-state index is 4.27. The largest absolute Gasteiger partial charge is 0.315 e. The minimum absolute atomic E-state index is 0.580. The average Bonchev–Trinajstić information content (AvgIpc) is 2.64. The van der Waals surface area contributed by atoms with Gasteiger partial charge in [-0.2, -0.15) is 0 Å². The van der Waals surface area contributed by atoms with E-state index in [0.717, 1.165) is 23.1 Å². The number of nitrogens with zero attached hydrogens (tertiary/aromatic N) is 2. The van der Waals surface area contributed by atoms with Crippen LogP contribution in [0.15, 0.2) is 24.3 Å². The Hall–Kier alpha value is -1.26. The minimum atomic E-state index is 0.580. The molecular formula is C12H13N3S. The molecule has 82 valence electrons. The first-order chi connectivity index (χ1) is 7.83. The van der Waals surface area contributed by atoms with Gasteiger partial charge in [0.05, 0.1) is 0 Å². The monoisotopic (exact) mass is 231 g/mol. The first kappa shape index (κ1) is 9.93. The fourth-order valence-electron chi connectivity index (χ4n) is 1.76. The van der Waals surface area contributed by atoms with E-state index in [0.29, 0.717) is 5.92 Å². The fourth-order valence-corrected chi connectivity index (χ4v) is 2.70. The predicted octanol–water partition coefficient (Wildman–Crippen LogP) is 2.20. The molecule has 0 amide bonds. The summed E-state index contributed by atoms with van der Waals surface area (Å²) in [6.45, 7) is 4.19. The lowest BCUT2D eigenvalue weighted by Gasteiger charge is -2.23. The summed E-state index contributed by atoms with van der Waals surface area (Å²) in [5.74, 6) is 0.580. The van der Waals surface area contributed by atoms with Crippen molar-refractivity contribution in [2.24, 2.45) is 0 Å². The van der Waals surface area contributed by atoms with Gasteiger partial charge in [-0.25, -0.2) is 0 Å². The Labute approximate surface area is 98.5 Å². The van der Waals surface area contributed by atoms with Gasteiger partial charge in [0, 0.05) is 24.6 Å². The maximum absolute atomic E-state index is 4.27. The van der Waals surface area contributed by atoms with E-state index in [2.05, 4.69) is 46.7 Å². The molecule has 0 unspecified atom stereocenters. The van der Waals surface area contributed by atoms with E-state index in [1.165, 1.54) is 11.1 Å². The van der Waals surface area contributed by atoms with Crippen LogP contribution < -0.4 is 5.32 Å². The van der Waals surface area contributed by atoms with E-state index in [-0.39, 0.29) is 0 Å². The molecule has 3 nitrogen and oxygen atoms in total. The summed E-state index contributed by atoms with van der Waals surface area (Å²) >= 11 is 1.72. The maximum Gasteiger partial charge on any atom is 0.147 e. The molecule has 3 rings (SSSR count). The molecule has 1 aromatic carbocycles. The van der Waals surface area contributed by atoms with Gasteiger partial charge in [0.1, 0.15) is 10.0 Å². The third kappa shape index (κ3) is 1.74. The number of nitrogens with one attached hydrogen (secondary N) is 1. The zero-order chi connectivity index (χ0) is 11.0. The van der Waals surface area contributed by atoms with Gasteiger partial charge >= 0.3 is 0 Å². The van der Waals surface area contributed by atoms with Crippen molar-refractivity contribution in [2.75, 3.05) is 13.1 Å². The summed E-state index contributed by atoms with van der Waals surface area (Å²) in [6, 6.07) is 8.41. The summed E-state index contributed by atoms with van der Waals surface area (Å²) in [4.78, 5) is 0. The third-order valence-corrected chi connectivity index (χ3v) is 3.97. The first-order valence-electron chi connectivity index (χ1n) is 5.44. The van der Waals surface area contributed by atoms with Crippen LogP contribution in [-0.4, -0.2) is 23.3 Å². The first-order valence-corrected chi connectivity index (χ1v) is 6.26. The molecule has 1 N–H and O–H groups in total. The van der Waals surface area contributed by atoms with Gasteiger partial charge in [0.15, 0.2) is 0 Å². The van der Waals surface area contributed by atoms with Crippen molar-refractivity contribution in [3.8, 4) is 10.6 Å². The van der Waals surface area contributed by atoms with Crippen molar-refractivity contribution in [1.82, 2.24) is 15.5 Å². The van der Waals surface area contributed by atoms with Crippen LogP contribution in [0.2, 0.25) is 0 Å². The van der Waals surface area contributed by atoms with E-state index in [9.17, 15) is 0 Å². The molecule has 2 aromatic rings. The summed E-state index contributed by atoms with van der Waals surface area (Å²) in [7, 11) is 0. The van der Waals surface area contributed by atoms with Crippen molar-refractivity contribution in [3.05, 3.63) is 34.8 Å².